The van der Waals surface area contributed by atoms with Gasteiger partial charge < -0.3 is 10.1 Å². The molecule has 1 saturated heterocycles. The number of carbonyl (C=O) groups is 2. The minimum atomic E-state index is -0.437. The molecule has 2 rings (SSSR count). The first-order valence-electron chi connectivity index (χ1n) is 5.88. The first-order chi connectivity index (χ1) is 8.74. The van der Waals surface area contributed by atoms with Crippen LogP contribution in [0.1, 0.15) is 6.42 Å². The zero-order valence-electron chi connectivity index (χ0n) is 10.3. The van der Waals surface area contributed by atoms with E-state index in [9.17, 15) is 9.59 Å². The molecule has 1 heterocycles. The number of benzene rings is 1. The first-order valence-corrected chi connectivity index (χ1v) is 5.88. The molecular weight excluding hydrogens is 232 g/mol. The summed E-state index contributed by atoms with van der Waals surface area (Å²) in [6, 6.07) is 8.54. The highest BCUT2D eigenvalue weighted by Gasteiger charge is 2.38. The Bertz CT molecular complexity index is 433. The van der Waals surface area contributed by atoms with Crippen LogP contribution in [-0.2, 0) is 14.3 Å². The van der Waals surface area contributed by atoms with E-state index in [0.29, 0.717) is 18.8 Å². The quantitative estimate of drug-likeness (QED) is 0.611. The monoisotopic (exact) mass is 248 g/mol. The van der Waals surface area contributed by atoms with Gasteiger partial charge in [0.15, 0.2) is 0 Å². The van der Waals surface area contributed by atoms with Crippen LogP contribution in [0.4, 0.5) is 5.69 Å². The summed E-state index contributed by atoms with van der Waals surface area (Å²) in [6.45, 7) is 1.08. The number of imide groups is 1. The number of nitrogens with zero attached hydrogens (tertiary/aromatic N) is 1. The van der Waals surface area contributed by atoms with Crippen molar-refractivity contribution in [2.24, 2.45) is 0 Å². The van der Waals surface area contributed by atoms with Crippen molar-refractivity contribution in [3.63, 3.8) is 0 Å². The molecule has 5 heteroatoms. The predicted molar refractivity (Wildman–Crippen MR) is 67.2 cm³/mol. The van der Waals surface area contributed by atoms with Gasteiger partial charge in [0.25, 0.3) is 5.91 Å². The molecular formula is C13H16N2O3. The van der Waals surface area contributed by atoms with Crippen molar-refractivity contribution in [3.05, 3.63) is 30.3 Å². The molecule has 1 N–H and O–H groups in total. The molecule has 0 bridgehead atoms. The van der Waals surface area contributed by atoms with Gasteiger partial charge in [-0.15, -0.1) is 0 Å². The molecule has 5 nitrogen and oxygen atoms in total. The molecule has 0 spiro atoms. The largest absolute Gasteiger partial charge is 0.383 e. The number of hydrogen-bond donors (Lipinski definition) is 1. The summed E-state index contributed by atoms with van der Waals surface area (Å²) in [4.78, 5) is 25.2. The highest BCUT2D eigenvalue weighted by Crippen LogP contribution is 2.22. The summed E-state index contributed by atoms with van der Waals surface area (Å²) in [5.41, 5.74) is 0.628. The van der Waals surface area contributed by atoms with Crippen LogP contribution in [0.3, 0.4) is 0 Å². The molecule has 1 aliphatic rings. The number of hydrogen-bond acceptors (Lipinski definition) is 4. The summed E-state index contributed by atoms with van der Waals surface area (Å²) < 4.78 is 4.90. The molecule has 2 amide bonds. The number of ether oxygens (including phenoxy) is 1. The Morgan fingerprint density at radius 2 is 2.06 bits per heavy atom. The molecule has 1 atom stereocenters. The van der Waals surface area contributed by atoms with E-state index in [4.69, 9.17) is 4.74 Å². The van der Waals surface area contributed by atoms with Gasteiger partial charge in [-0.1, -0.05) is 18.2 Å². The Balaban J connectivity index is 2.06. The van der Waals surface area contributed by atoms with E-state index in [1.54, 1.807) is 19.2 Å². The highest BCUT2D eigenvalue weighted by atomic mass is 16.5. The van der Waals surface area contributed by atoms with Gasteiger partial charge in [-0.3, -0.25) is 9.59 Å². The number of rotatable bonds is 5. The number of carbonyl (C=O) groups excluding carboxylic acids is 2. The van der Waals surface area contributed by atoms with Crippen LogP contribution in [0.5, 0.6) is 0 Å². The molecule has 1 unspecified atom stereocenters. The molecule has 1 aromatic rings. The molecule has 0 aromatic heterocycles. The highest BCUT2D eigenvalue weighted by molar-refractivity contribution is 6.22. The van der Waals surface area contributed by atoms with E-state index in [2.05, 4.69) is 5.32 Å². The number of methoxy groups -OCH3 is 1. The van der Waals surface area contributed by atoms with Gasteiger partial charge in [0, 0.05) is 13.7 Å². The number of nitrogens with one attached hydrogen (secondary N) is 1. The van der Waals surface area contributed by atoms with Crippen molar-refractivity contribution in [1.29, 1.82) is 0 Å². The normalized spacial score (nSPS) is 19.6. The van der Waals surface area contributed by atoms with Gasteiger partial charge in [-0.05, 0) is 12.1 Å². The summed E-state index contributed by atoms with van der Waals surface area (Å²) >= 11 is 0. The fourth-order valence-electron chi connectivity index (χ4n) is 1.97. The third-order valence-electron chi connectivity index (χ3n) is 2.86. The van der Waals surface area contributed by atoms with Gasteiger partial charge in [0.2, 0.25) is 5.91 Å². The second-order valence-corrected chi connectivity index (χ2v) is 4.11. The lowest BCUT2D eigenvalue weighted by Gasteiger charge is -2.15. The van der Waals surface area contributed by atoms with Gasteiger partial charge >= 0.3 is 0 Å². The van der Waals surface area contributed by atoms with E-state index in [0.717, 1.165) is 0 Å². The zero-order chi connectivity index (χ0) is 13.0. The standard InChI is InChI=1S/C13H16N2O3/c1-18-8-7-14-11-9-12(16)15(13(11)17)10-5-3-2-4-6-10/h2-6,11,14H,7-9H2,1H3. The van der Waals surface area contributed by atoms with Crippen molar-refractivity contribution in [3.8, 4) is 0 Å². The zero-order valence-corrected chi connectivity index (χ0v) is 10.3. The minimum Gasteiger partial charge on any atom is -0.383 e. The fourth-order valence-corrected chi connectivity index (χ4v) is 1.97. The van der Waals surface area contributed by atoms with Crippen LogP contribution in [-0.4, -0.2) is 38.1 Å². The van der Waals surface area contributed by atoms with E-state index in [-0.39, 0.29) is 18.2 Å². The average Bonchev–Trinajstić information content (AvgIpc) is 2.66. The van der Waals surface area contributed by atoms with E-state index < -0.39 is 6.04 Å². The molecule has 0 aliphatic carbocycles. The lowest BCUT2D eigenvalue weighted by molar-refractivity contribution is -0.121. The lowest BCUT2D eigenvalue weighted by atomic mass is 10.2. The van der Waals surface area contributed by atoms with Crippen LogP contribution in [0.15, 0.2) is 30.3 Å². The Kier molecular flexibility index (Phi) is 4.07. The molecule has 0 saturated carbocycles. The lowest BCUT2D eigenvalue weighted by Crippen LogP contribution is -2.40. The van der Waals surface area contributed by atoms with Gasteiger partial charge in [0.1, 0.15) is 0 Å². The number of anilines is 1. The molecule has 1 fully saturated rings. The Morgan fingerprint density at radius 3 is 2.72 bits per heavy atom. The third kappa shape index (κ3) is 2.57. The van der Waals surface area contributed by atoms with Gasteiger partial charge in [-0.25, -0.2) is 4.90 Å². The van der Waals surface area contributed by atoms with Crippen molar-refractivity contribution in [2.45, 2.75) is 12.5 Å². The first kappa shape index (κ1) is 12.7. The van der Waals surface area contributed by atoms with Crippen LogP contribution in [0.25, 0.3) is 0 Å². The maximum Gasteiger partial charge on any atom is 0.251 e. The van der Waals surface area contributed by atoms with Crippen molar-refractivity contribution in [1.82, 2.24) is 5.32 Å². The third-order valence-corrected chi connectivity index (χ3v) is 2.86. The summed E-state index contributed by atoms with van der Waals surface area (Å²) in [5.74, 6) is -0.358. The second kappa shape index (κ2) is 5.75. The molecule has 0 radical (unpaired) electrons. The Morgan fingerprint density at radius 1 is 1.33 bits per heavy atom. The van der Waals surface area contributed by atoms with Crippen molar-refractivity contribution in [2.75, 3.05) is 25.2 Å². The Labute approximate surface area is 106 Å². The number of para-hydroxylation sites is 1. The molecule has 1 aliphatic heterocycles. The Hall–Kier alpha value is -1.72. The summed E-state index contributed by atoms with van der Waals surface area (Å²) in [5, 5.41) is 3.03. The molecule has 18 heavy (non-hydrogen) atoms. The van der Waals surface area contributed by atoms with Crippen molar-refractivity contribution < 1.29 is 14.3 Å². The van der Waals surface area contributed by atoms with Crippen LogP contribution in [0, 0.1) is 0 Å². The van der Waals surface area contributed by atoms with Crippen LogP contribution >= 0.6 is 0 Å². The molecule has 96 valence electrons. The predicted octanol–water partition coefficient (Wildman–Crippen LogP) is 0.554. The number of amides is 2. The van der Waals surface area contributed by atoms with E-state index in [1.807, 2.05) is 18.2 Å². The fraction of sp³-hybridized carbons (Fsp3) is 0.385. The van der Waals surface area contributed by atoms with Gasteiger partial charge in [-0.2, -0.15) is 0 Å². The second-order valence-electron chi connectivity index (χ2n) is 4.11. The van der Waals surface area contributed by atoms with E-state index in [1.165, 1.54) is 4.90 Å². The topological polar surface area (TPSA) is 58.6 Å². The van der Waals surface area contributed by atoms with Gasteiger partial charge in [0.05, 0.1) is 24.8 Å². The smallest absolute Gasteiger partial charge is 0.251 e. The summed E-state index contributed by atoms with van der Waals surface area (Å²) in [7, 11) is 1.60. The van der Waals surface area contributed by atoms with Crippen LogP contribution in [0.2, 0.25) is 0 Å². The van der Waals surface area contributed by atoms with Crippen LogP contribution < -0.4 is 10.2 Å². The maximum atomic E-state index is 12.1. The SMILES string of the molecule is COCCNC1CC(=O)N(c2ccccc2)C1=O. The minimum absolute atomic E-state index is 0.166. The van der Waals surface area contributed by atoms with Crippen molar-refractivity contribution >= 4 is 17.5 Å². The van der Waals surface area contributed by atoms with E-state index >= 15 is 0 Å². The maximum absolute atomic E-state index is 12.1. The molecule has 1 aromatic carbocycles. The summed E-state index contributed by atoms with van der Waals surface area (Å²) in [6.07, 6.45) is 0.206. The average molecular weight is 248 g/mol.